The summed E-state index contributed by atoms with van der Waals surface area (Å²) in [6.45, 7) is 0.118. The highest BCUT2D eigenvalue weighted by molar-refractivity contribution is 5.77. The van der Waals surface area contributed by atoms with Crippen LogP contribution in [0.25, 0.3) is 0 Å². The number of carboxylic acids is 1. The van der Waals surface area contributed by atoms with Crippen molar-refractivity contribution < 1.29 is 24.2 Å². The summed E-state index contributed by atoms with van der Waals surface area (Å²) in [4.78, 5) is 33.5. The fourth-order valence-electron chi connectivity index (χ4n) is 1.70. The van der Waals surface area contributed by atoms with Crippen molar-refractivity contribution >= 4 is 18.0 Å². The zero-order chi connectivity index (χ0) is 15.7. The smallest absolute Gasteiger partial charge is 0.315 e. The van der Waals surface area contributed by atoms with Crippen LogP contribution in [0.1, 0.15) is 24.4 Å². The molecule has 0 radical (unpaired) electrons. The van der Waals surface area contributed by atoms with Gasteiger partial charge in [-0.15, -0.1) is 0 Å². The molecule has 0 aromatic heterocycles. The third kappa shape index (κ3) is 6.42. The van der Waals surface area contributed by atoms with Crippen LogP contribution in [0.2, 0.25) is 0 Å². The monoisotopic (exact) mass is 294 g/mol. The van der Waals surface area contributed by atoms with E-state index in [1.165, 1.54) is 7.11 Å². The van der Waals surface area contributed by atoms with Gasteiger partial charge in [-0.3, -0.25) is 9.59 Å². The summed E-state index contributed by atoms with van der Waals surface area (Å²) < 4.78 is 4.45. The Morgan fingerprint density at radius 1 is 1.24 bits per heavy atom. The van der Waals surface area contributed by atoms with E-state index in [-0.39, 0.29) is 19.4 Å². The maximum atomic E-state index is 11.7. The number of carboxylic acid groups (broad SMARTS) is 1. The second-order valence-corrected chi connectivity index (χ2v) is 4.29. The molecule has 0 aliphatic heterocycles. The lowest BCUT2D eigenvalue weighted by Gasteiger charge is -2.17. The van der Waals surface area contributed by atoms with Gasteiger partial charge in [0.1, 0.15) is 0 Å². The van der Waals surface area contributed by atoms with Crippen molar-refractivity contribution in [2.75, 3.05) is 13.7 Å². The van der Waals surface area contributed by atoms with Gasteiger partial charge in [0.05, 0.1) is 26.0 Å². The number of esters is 1. The van der Waals surface area contributed by atoms with Gasteiger partial charge in [-0.05, 0) is 5.56 Å². The van der Waals surface area contributed by atoms with Crippen molar-refractivity contribution in [3.05, 3.63) is 35.9 Å². The molecule has 0 saturated carbocycles. The molecule has 1 aromatic rings. The Labute approximate surface area is 122 Å². The van der Waals surface area contributed by atoms with E-state index in [9.17, 15) is 14.4 Å². The van der Waals surface area contributed by atoms with Gasteiger partial charge in [0.25, 0.3) is 0 Å². The van der Waals surface area contributed by atoms with Crippen LogP contribution in [-0.4, -0.2) is 36.7 Å². The fraction of sp³-hybridized carbons (Fsp3) is 0.357. The first-order chi connectivity index (χ1) is 10.0. The van der Waals surface area contributed by atoms with E-state index in [0.717, 1.165) is 0 Å². The quantitative estimate of drug-likeness (QED) is 0.652. The van der Waals surface area contributed by atoms with E-state index < -0.39 is 24.0 Å². The average Bonchev–Trinajstić information content (AvgIpc) is 2.46. The van der Waals surface area contributed by atoms with E-state index in [4.69, 9.17) is 5.11 Å². The molecule has 1 unspecified atom stereocenters. The SMILES string of the molecule is COC(=O)CCNC(=O)NC(CC(=O)O)c1ccccc1. The predicted molar refractivity (Wildman–Crippen MR) is 74.6 cm³/mol. The number of hydrogen-bond donors (Lipinski definition) is 3. The van der Waals surface area contributed by atoms with Gasteiger partial charge in [-0.25, -0.2) is 4.79 Å². The highest BCUT2D eigenvalue weighted by Crippen LogP contribution is 2.16. The summed E-state index contributed by atoms with van der Waals surface area (Å²) in [6, 6.07) is 7.64. The number of urea groups is 1. The summed E-state index contributed by atoms with van der Waals surface area (Å²) in [6.07, 6.45) is -0.173. The third-order valence-electron chi connectivity index (χ3n) is 2.73. The number of aliphatic carboxylic acids is 1. The molecule has 1 atom stereocenters. The molecule has 7 heteroatoms. The highest BCUT2D eigenvalue weighted by Gasteiger charge is 2.17. The first-order valence-electron chi connectivity index (χ1n) is 6.41. The van der Waals surface area contributed by atoms with Gasteiger partial charge >= 0.3 is 18.0 Å². The van der Waals surface area contributed by atoms with Gasteiger partial charge in [0.15, 0.2) is 0 Å². The van der Waals surface area contributed by atoms with Crippen LogP contribution in [0.4, 0.5) is 4.79 Å². The molecule has 114 valence electrons. The molecular weight excluding hydrogens is 276 g/mol. The van der Waals surface area contributed by atoms with Crippen LogP contribution in [0.15, 0.2) is 30.3 Å². The minimum absolute atomic E-state index is 0.0544. The number of methoxy groups -OCH3 is 1. The van der Waals surface area contributed by atoms with Crippen LogP contribution in [0.3, 0.4) is 0 Å². The lowest BCUT2D eigenvalue weighted by Crippen LogP contribution is -2.39. The van der Waals surface area contributed by atoms with E-state index >= 15 is 0 Å². The number of ether oxygens (including phenoxy) is 1. The maximum absolute atomic E-state index is 11.7. The van der Waals surface area contributed by atoms with Crippen LogP contribution in [-0.2, 0) is 14.3 Å². The minimum atomic E-state index is -1.02. The molecule has 0 saturated heterocycles. The second-order valence-electron chi connectivity index (χ2n) is 4.29. The molecule has 0 aliphatic carbocycles. The van der Waals surface area contributed by atoms with Crippen molar-refractivity contribution in [1.29, 1.82) is 0 Å². The maximum Gasteiger partial charge on any atom is 0.315 e. The average molecular weight is 294 g/mol. The molecule has 1 rings (SSSR count). The highest BCUT2D eigenvalue weighted by atomic mass is 16.5. The Morgan fingerprint density at radius 3 is 2.48 bits per heavy atom. The zero-order valence-corrected chi connectivity index (χ0v) is 11.7. The normalized spacial score (nSPS) is 11.3. The summed E-state index contributed by atoms with van der Waals surface area (Å²) in [5, 5.41) is 14.0. The van der Waals surface area contributed by atoms with E-state index in [1.54, 1.807) is 30.3 Å². The Bertz CT molecular complexity index is 489. The van der Waals surface area contributed by atoms with E-state index in [2.05, 4.69) is 15.4 Å². The summed E-state index contributed by atoms with van der Waals surface area (Å²) in [5.41, 5.74) is 0.697. The van der Waals surface area contributed by atoms with Crippen molar-refractivity contribution in [2.24, 2.45) is 0 Å². The van der Waals surface area contributed by atoms with E-state index in [0.29, 0.717) is 5.56 Å². The molecule has 0 heterocycles. The number of benzene rings is 1. The first-order valence-corrected chi connectivity index (χ1v) is 6.41. The van der Waals surface area contributed by atoms with Crippen molar-refractivity contribution in [1.82, 2.24) is 10.6 Å². The topological polar surface area (TPSA) is 105 Å². The van der Waals surface area contributed by atoms with Crippen molar-refractivity contribution in [3.63, 3.8) is 0 Å². The van der Waals surface area contributed by atoms with Gasteiger partial charge in [-0.2, -0.15) is 0 Å². The Morgan fingerprint density at radius 2 is 1.90 bits per heavy atom. The van der Waals surface area contributed by atoms with Gasteiger partial charge < -0.3 is 20.5 Å². The van der Waals surface area contributed by atoms with E-state index in [1.807, 2.05) is 0 Å². The Kier molecular flexibility index (Phi) is 6.73. The number of carbonyl (C=O) groups excluding carboxylic acids is 2. The van der Waals surface area contributed by atoms with Crippen molar-refractivity contribution in [3.8, 4) is 0 Å². The van der Waals surface area contributed by atoms with Gasteiger partial charge in [0, 0.05) is 6.54 Å². The first kappa shape index (κ1) is 16.5. The lowest BCUT2D eigenvalue weighted by molar-refractivity contribution is -0.140. The molecule has 0 bridgehead atoms. The second kappa shape index (κ2) is 8.57. The van der Waals surface area contributed by atoms with Crippen LogP contribution < -0.4 is 10.6 Å². The predicted octanol–water partition coefficient (Wildman–Crippen LogP) is 1.06. The van der Waals surface area contributed by atoms with Crippen LogP contribution >= 0.6 is 0 Å². The zero-order valence-electron chi connectivity index (χ0n) is 11.7. The van der Waals surface area contributed by atoms with Crippen LogP contribution in [0.5, 0.6) is 0 Å². The number of nitrogens with one attached hydrogen (secondary N) is 2. The number of rotatable bonds is 7. The molecule has 2 amide bonds. The molecule has 3 N–H and O–H groups in total. The fourth-order valence-corrected chi connectivity index (χ4v) is 1.70. The molecule has 1 aromatic carbocycles. The molecule has 21 heavy (non-hydrogen) atoms. The number of hydrogen-bond acceptors (Lipinski definition) is 4. The molecule has 7 nitrogen and oxygen atoms in total. The summed E-state index contributed by atoms with van der Waals surface area (Å²) in [5.74, 6) is -1.45. The van der Waals surface area contributed by atoms with Crippen molar-refractivity contribution in [2.45, 2.75) is 18.9 Å². The largest absolute Gasteiger partial charge is 0.481 e. The standard InChI is InChI=1S/C14H18N2O5/c1-21-13(19)7-8-15-14(20)16-11(9-12(17)18)10-5-3-2-4-6-10/h2-6,11H,7-9H2,1H3,(H,17,18)(H2,15,16,20). The number of carbonyl (C=O) groups is 3. The minimum Gasteiger partial charge on any atom is -0.481 e. The lowest BCUT2D eigenvalue weighted by atomic mass is 10.0. The molecule has 0 fully saturated rings. The molecule has 0 spiro atoms. The van der Waals surface area contributed by atoms with Crippen LogP contribution in [0, 0.1) is 0 Å². The Hall–Kier alpha value is -2.57. The molecular formula is C14H18N2O5. The third-order valence-corrected chi connectivity index (χ3v) is 2.73. The summed E-state index contributed by atoms with van der Waals surface area (Å²) in [7, 11) is 1.26. The van der Waals surface area contributed by atoms with Gasteiger partial charge in [0.2, 0.25) is 0 Å². The molecule has 0 aliphatic rings. The number of amides is 2. The van der Waals surface area contributed by atoms with Gasteiger partial charge in [-0.1, -0.05) is 30.3 Å². The Balaban J connectivity index is 2.55. The summed E-state index contributed by atoms with van der Waals surface area (Å²) >= 11 is 0.